The van der Waals surface area contributed by atoms with E-state index in [1.165, 1.54) is 6.07 Å². The predicted octanol–water partition coefficient (Wildman–Crippen LogP) is 3.72. The van der Waals surface area contributed by atoms with Crippen LogP contribution in [0.4, 0.5) is 15.8 Å². The quantitative estimate of drug-likeness (QED) is 0.814. The first kappa shape index (κ1) is 13.6. The summed E-state index contributed by atoms with van der Waals surface area (Å²) in [4.78, 5) is 0. The molecule has 3 N–H and O–H groups in total. The molecule has 0 aliphatic heterocycles. The molecule has 1 unspecified atom stereocenters. The summed E-state index contributed by atoms with van der Waals surface area (Å²) in [5, 5.41) is 3.32. The molecule has 5 heteroatoms. The Morgan fingerprint density at radius 3 is 2.81 bits per heavy atom. The Balaban J connectivity index is 2.83. The van der Waals surface area contributed by atoms with Crippen LogP contribution in [0.3, 0.4) is 0 Å². The SMILES string of the molecule is CCC(CSC)Nc1cc(Br)c(F)cc1N. The number of nitrogens with one attached hydrogen (secondary N) is 1. The summed E-state index contributed by atoms with van der Waals surface area (Å²) in [5.74, 6) is 0.672. The third kappa shape index (κ3) is 3.56. The van der Waals surface area contributed by atoms with Gasteiger partial charge in [0.2, 0.25) is 0 Å². The largest absolute Gasteiger partial charge is 0.397 e. The van der Waals surface area contributed by atoms with E-state index >= 15 is 0 Å². The van der Waals surface area contributed by atoms with Gasteiger partial charge in [-0.3, -0.25) is 0 Å². The third-order valence-electron chi connectivity index (χ3n) is 2.31. The summed E-state index contributed by atoms with van der Waals surface area (Å²) in [5.41, 5.74) is 6.99. The fraction of sp³-hybridized carbons (Fsp3) is 0.455. The smallest absolute Gasteiger partial charge is 0.139 e. The second kappa shape index (κ2) is 6.35. The van der Waals surface area contributed by atoms with E-state index in [0.717, 1.165) is 17.9 Å². The molecule has 0 heterocycles. The topological polar surface area (TPSA) is 38.0 Å². The van der Waals surface area contributed by atoms with Gasteiger partial charge in [0.05, 0.1) is 15.8 Å². The minimum absolute atomic E-state index is 0.332. The first-order valence-electron chi connectivity index (χ1n) is 5.08. The van der Waals surface area contributed by atoms with Crippen molar-refractivity contribution in [2.45, 2.75) is 19.4 Å². The number of thioether (sulfide) groups is 1. The molecule has 1 aromatic carbocycles. The molecule has 2 nitrogen and oxygen atoms in total. The average Bonchev–Trinajstić information content (AvgIpc) is 2.25. The summed E-state index contributed by atoms with van der Waals surface area (Å²) in [6.45, 7) is 2.11. The van der Waals surface area contributed by atoms with Crippen molar-refractivity contribution in [3.63, 3.8) is 0 Å². The standard InChI is InChI=1S/C11H16BrFN2S/c1-3-7(6-16-2)15-11-4-8(12)9(13)5-10(11)14/h4-5,7,15H,3,6,14H2,1-2H3. The first-order chi connectivity index (χ1) is 7.58. The number of rotatable bonds is 5. The Morgan fingerprint density at radius 1 is 1.56 bits per heavy atom. The van der Waals surface area contributed by atoms with Gasteiger partial charge in [-0.1, -0.05) is 6.92 Å². The predicted molar refractivity (Wildman–Crippen MR) is 74.6 cm³/mol. The zero-order valence-corrected chi connectivity index (χ0v) is 11.8. The van der Waals surface area contributed by atoms with E-state index in [9.17, 15) is 4.39 Å². The Hall–Kier alpha value is -0.420. The summed E-state index contributed by atoms with van der Waals surface area (Å²) in [6, 6.07) is 3.38. The highest BCUT2D eigenvalue weighted by atomic mass is 79.9. The van der Waals surface area contributed by atoms with Gasteiger partial charge in [0.15, 0.2) is 0 Å². The van der Waals surface area contributed by atoms with Gasteiger partial charge in [-0.05, 0) is 34.7 Å². The lowest BCUT2D eigenvalue weighted by molar-refractivity contribution is 0.622. The van der Waals surface area contributed by atoms with E-state index in [-0.39, 0.29) is 5.82 Å². The van der Waals surface area contributed by atoms with Gasteiger partial charge in [0.1, 0.15) is 5.82 Å². The van der Waals surface area contributed by atoms with Crippen LogP contribution in [-0.4, -0.2) is 18.1 Å². The third-order valence-corrected chi connectivity index (χ3v) is 3.66. The molecule has 0 saturated carbocycles. The molecule has 0 saturated heterocycles. The monoisotopic (exact) mass is 306 g/mol. The Kier molecular flexibility index (Phi) is 5.41. The highest BCUT2D eigenvalue weighted by Gasteiger charge is 2.10. The van der Waals surface area contributed by atoms with Crippen LogP contribution in [0, 0.1) is 5.82 Å². The molecule has 1 rings (SSSR count). The fourth-order valence-corrected chi connectivity index (χ4v) is 2.43. The van der Waals surface area contributed by atoms with E-state index in [0.29, 0.717) is 16.2 Å². The molecule has 0 fully saturated rings. The number of nitrogen functional groups attached to an aromatic ring is 1. The van der Waals surface area contributed by atoms with Gasteiger partial charge in [0.25, 0.3) is 0 Å². The summed E-state index contributed by atoms with van der Waals surface area (Å²) < 4.78 is 13.6. The minimum Gasteiger partial charge on any atom is -0.397 e. The maximum absolute atomic E-state index is 13.2. The van der Waals surface area contributed by atoms with Gasteiger partial charge in [-0.15, -0.1) is 0 Å². The molecular formula is C11H16BrFN2S. The van der Waals surface area contributed by atoms with Crippen LogP contribution in [-0.2, 0) is 0 Å². The molecule has 0 bridgehead atoms. The first-order valence-corrected chi connectivity index (χ1v) is 7.27. The average molecular weight is 307 g/mol. The molecule has 0 aliphatic carbocycles. The van der Waals surface area contributed by atoms with Gasteiger partial charge in [0, 0.05) is 17.9 Å². The van der Waals surface area contributed by atoms with Crippen molar-refractivity contribution in [2.24, 2.45) is 0 Å². The maximum atomic E-state index is 13.2. The van der Waals surface area contributed by atoms with Crippen LogP contribution in [0.2, 0.25) is 0 Å². The van der Waals surface area contributed by atoms with Gasteiger partial charge >= 0.3 is 0 Å². The molecule has 0 spiro atoms. The van der Waals surface area contributed by atoms with Crippen molar-refractivity contribution in [2.75, 3.05) is 23.1 Å². The number of anilines is 2. The lowest BCUT2D eigenvalue weighted by Crippen LogP contribution is -2.21. The van der Waals surface area contributed by atoms with Gasteiger partial charge in [-0.25, -0.2) is 4.39 Å². The van der Waals surface area contributed by atoms with Crippen molar-refractivity contribution in [1.29, 1.82) is 0 Å². The second-order valence-corrected chi connectivity index (χ2v) is 5.32. The number of hydrogen-bond acceptors (Lipinski definition) is 3. The zero-order valence-electron chi connectivity index (χ0n) is 9.39. The molecule has 0 radical (unpaired) electrons. The Bertz CT molecular complexity index is 360. The van der Waals surface area contributed by atoms with Crippen LogP contribution in [0.25, 0.3) is 0 Å². The van der Waals surface area contributed by atoms with Crippen molar-refractivity contribution in [3.8, 4) is 0 Å². The fourth-order valence-electron chi connectivity index (χ4n) is 1.37. The summed E-state index contributed by atoms with van der Waals surface area (Å²) in [7, 11) is 0. The van der Waals surface area contributed by atoms with Crippen LogP contribution in [0.1, 0.15) is 13.3 Å². The second-order valence-electron chi connectivity index (χ2n) is 3.56. The molecule has 0 amide bonds. The molecule has 0 aliphatic rings. The Morgan fingerprint density at radius 2 is 2.25 bits per heavy atom. The molecule has 0 aromatic heterocycles. The molecular weight excluding hydrogens is 291 g/mol. The van der Waals surface area contributed by atoms with Gasteiger partial charge in [-0.2, -0.15) is 11.8 Å². The van der Waals surface area contributed by atoms with Gasteiger partial charge < -0.3 is 11.1 Å². The highest BCUT2D eigenvalue weighted by molar-refractivity contribution is 9.10. The van der Waals surface area contributed by atoms with E-state index in [1.54, 1.807) is 17.8 Å². The number of halogens is 2. The highest BCUT2D eigenvalue weighted by Crippen LogP contribution is 2.27. The van der Waals surface area contributed by atoms with Crippen molar-refractivity contribution < 1.29 is 4.39 Å². The summed E-state index contributed by atoms with van der Waals surface area (Å²) in [6.07, 6.45) is 3.07. The number of nitrogens with two attached hydrogens (primary N) is 1. The van der Waals surface area contributed by atoms with E-state index < -0.39 is 0 Å². The number of benzene rings is 1. The lowest BCUT2D eigenvalue weighted by atomic mass is 10.2. The minimum atomic E-state index is -0.332. The normalized spacial score (nSPS) is 12.5. The molecule has 16 heavy (non-hydrogen) atoms. The number of hydrogen-bond donors (Lipinski definition) is 2. The summed E-state index contributed by atoms with van der Waals surface area (Å²) >= 11 is 4.93. The van der Waals surface area contributed by atoms with Crippen molar-refractivity contribution in [3.05, 3.63) is 22.4 Å². The molecule has 1 atom stereocenters. The van der Waals surface area contributed by atoms with Crippen LogP contribution >= 0.6 is 27.7 Å². The zero-order chi connectivity index (χ0) is 12.1. The van der Waals surface area contributed by atoms with E-state index in [1.807, 2.05) is 0 Å². The van der Waals surface area contributed by atoms with Crippen molar-refractivity contribution >= 4 is 39.1 Å². The van der Waals surface area contributed by atoms with Crippen LogP contribution < -0.4 is 11.1 Å². The van der Waals surface area contributed by atoms with Crippen LogP contribution in [0.15, 0.2) is 16.6 Å². The van der Waals surface area contributed by atoms with Crippen molar-refractivity contribution in [1.82, 2.24) is 0 Å². The van der Waals surface area contributed by atoms with Crippen LogP contribution in [0.5, 0.6) is 0 Å². The maximum Gasteiger partial charge on any atom is 0.139 e. The Labute approximate surface area is 108 Å². The molecule has 90 valence electrons. The van der Waals surface area contributed by atoms with E-state index in [4.69, 9.17) is 5.73 Å². The van der Waals surface area contributed by atoms with E-state index in [2.05, 4.69) is 34.4 Å². The molecule has 1 aromatic rings. The lowest BCUT2D eigenvalue weighted by Gasteiger charge is -2.18.